The van der Waals surface area contributed by atoms with Crippen LogP contribution in [0.25, 0.3) is 0 Å². The van der Waals surface area contributed by atoms with Crippen molar-refractivity contribution in [2.45, 2.75) is 20.0 Å². The van der Waals surface area contributed by atoms with Crippen LogP contribution in [0.15, 0.2) is 24.5 Å². The molecule has 2 aromatic rings. The van der Waals surface area contributed by atoms with Gasteiger partial charge in [-0.3, -0.25) is 5.10 Å². The third-order valence-electron chi connectivity index (χ3n) is 2.59. The topological polar surface area (TPSA) is 62.8 Å². The highest BCUT2D eigenvalue weighted by Crippen LogP contribution is 2.08. The lowest BCUT2D eigenvalue weighted by atomic mass is 10.2. The van der Waals surface area contributed by atoms with Crippen LogP contribution < -0.4 is 10.1 Å². The number of rotatable bonds is 5. The Bertz CT molecular complexity index is 481. The summed E-state index contributed by atoms with van der Waals surface area (Å²) in [4.78, 5) is 4.06. The minimum atomic E-state index is 0.642. The maximum atomic E-state index is 5.07. The predicted molar refractivity (Wildman–Crippen MR) is 64.7 cm³/mol. The number of H-pyrrole nitrogens is 1. The fraction of sp³-hybridized carbons (Fsp3) is 0.333. The summed E-state index contributed by atoms with van der Waals surface area (Å²) in [5.41, 5.74) is 3.44. The highest BCUT2D eigenvalue weighted by Gasteiger charge is 2.00. The lowest BCUT2D eigenvalue weighted by Gasteiger charge is -2.05. The Morgan fingerprint density at radius 3 is 3.00 bits per heavy atom. The van der Waals surface area contributed by atoms with Gasteiger partial charge in [-0.05, 0) is 18.6 Å². The molecule has 5 nitrogen and oxygen atoms in total. The first-order valence-electron chi connectivity index (χ1n) is 5.48. The van der Waals surface area contributed by atoms with E-state index in [1.807, 2.05) is 25.3 Å². The second kappa shape index (κ2) is 5.45. The van der Waals surface area contributed by atoms with Crippen LogP contribution in [0.1, 0.15) is 16.8 Å². The van der Waals surface area contributed by atoms with Crippen LogP contribution in [-0.2, 0) is 13.1 Å². The molecule has 2 heterocycles. The van der Waals surface area contributed by atoms with Gasteiger partial charge in [-0.2, -0.15) is 5.10 Å². The molecule has 2 rings (SSSR count). The maximum absolute atomic E-state index is 5.07. The number of nitrogens with one attached hydrogen (secondary N) is 2. The second-order valence-corrected chi connectivity index (χ2v) is 3.83. The van der Waals surface area contributed by atoms with Crippen LogP contribution in [0.3, 0.4) is 0 Å². The molecule has 0 aliphatic rings. The van der Waals surface area contributed by atoms with Crippen molar-refractivity contribution in [1.29, 1.82) is 0 Å². The zero-order valence-electron chi connectivity index (χ0n) is 10.0. The Morgan fingerprint density at radius 2 is 2.29 bits per heavy atom. The van der Waals surface area contributed by atoms with Gasteiger partial charge in [0.15, 0.2) is 0 Å². The van der Waals surface area contributed by atoms with Crippen LogP contribution in [0.4, 0.5) is 0 Å². The highest BCUT2D eigenvalue weighted by molar-refractivity contribution is 5.20. The molecule has 17 heavy (non-hydrogen) atoms. The minimum Gasteiger partial charge on any atom is -0.481 e. The number of aryl methyl sites for hydroxylation is 1. The molecular weight excluding hydrogens is 216 g/mol. The van der Waals surface area contributed by atoms with E-state index in [9.17, 15) is 0 Å². The van der Waals surface area contributed by atoms with Crippen molar-refractivity contribution in [2.75, 3.05) is 7.11 Å². The average molecular weight is 232 g/mol. The van der Waals surface area contributed by atoms with E-state index in [2.05, 4.69) is 20.5 Å². The molecule has 0 fully saturated rings. The van der Waals surface area contributed by atoms with Crippen molar-refractivity contribution in [2.24, 2.45) is 0 Å². The fourth-order valence-corrected chi connectivity index (χ4v) is 1.57. The molecule has 90 valence electrons. The number of pyridine rings is 1. The van der Waals surface area contributed by atoms with Crippen LogP contribution in [-0.4, -0.2) is 22.3 Å². The lowest BCUT2D eigenvalue weighted by molar-refractivity contribution is 0.397. The third-order valence-corrected chi connectivity index (χ3v) is 2.59. The number of hydrogen-bond acceptors (Lipinski definition) is 4. The van der Waals surface area contributed by atoms with Crippen molar-refractivity contribution in [3.63, 3.8) is 0 Å². The summed E-state index contributed by atoms with van der Waals surface area (Å²) in [7, 11) is 1.62. The summed E-state index contributed by atoms with van der Waals surface area (Å²) in [6.45, 7) is 3.59. The Morgan fingerprint density at radius 1 is 1.41 bits per heavy atom. The molecular formula is C12H16N4O. The Balaban J connectivity index is 1.87. The first-order valence-corrected chi connectivity index (χ1v) is 5.48. The van der Waals surface area contributed by atoms with Gasteiger partial charge in [-0.15, -0.1) is 0 Å². The van der Waals surface area contributed by atoms with Gasteiger partial charge >= 0.3 is 0 Å². The van der Waals surface area contributed by atoms with Crippen molar-refractivity contribution in [1.82, 2.24) is 20.5 Å². The molecule has 0 atom stereocenters. The highest BCUT2D eigenvalue weighted by atomic mass is 16.5. The maximum Gasteiger partial charge on any atom is 0.213 e. The summed E-state index contributed by atoms with van der Waals surface area (Å²) in [6.07, 6.45) is 3.59. The van der Waals surface area contributed by atoms with Crippen molar-refractivity contribution in [3.8, 4) is 5.88 Å². The summed E-state index contributed by atoms with van der Waals surface area (Å²) < 4.78 is 5.07. The first-order chi connectivity index (χ1) is 8.29. The summed E-state index contributed by atoms with van der Waals surface area (Å²) in [6, 6.07) is 3.90. The number of hydrogen-bond donors (Lipinski definition) is 2. The first kappa shape index (κ1) is 11.6. The third kappa shape index (κ3) is 3.04. The van der Waals surface area contributed by atoms with Crippen LogP contribution in [0.2, 0.25) is 0 Å². The minimum absolute atomic E-state index is 0.642. The van der Waals surface area contributed by atoms with Crippen molar-refractivity contribution < 1.29 is 4.74 Å². The molecule has 5 heteroatoms. The Kier molecular flexibility index (Phi) is 3.72. The largest absolute Gasteiger partial charge is 0.481 e. The predicted octanol–water partition coefficient (Wildman–Crippen LogP) is 1.41. The van der Waals surface area contributed by atoms with Crippen molar-refractivity contribution >= 4 is 0 Å². The monoisotopic (exact) mass is 232 g/mol. The standard InChI is InChI=1S/C12H16N4O/c1-9-11(8-15-16-9)7-13-6-10-3-4-14-12(5-10)17-2/h3-5,8,13H,6-7H2,1-2H3,(H,15,16). The van der Waals surface area contributed by atoms with Gasteiger partial charge in [0.05, 0.1) is 13.3 Å². The van der Waals surface area contributed by atoms with E-state index in [4.69, 9.17) is 4.74 Å². The van der Waals surface area contributed by atoms with Crippen LogP contribution in [0.5, 0.6) is 5.88 Å². The second-order valence-electron chi connectivity index (χ2n) is 3.83. The lowest BCUT2D eigenvalue weighted by Crippen LogP contribution is -2.13. The molecule has 0 unspecified atom stereocenters. The molecule has 2 N–H and O–H groups in total. The van der Waals surface area contributed by atoms with Crippen LogP contribution >= 0.6 is 0 Å². The molecule has 0 bridgehead atoms. The van der Waals surface area contributed by atoms with Gasteiger partial charge in [0.1, 0.15) is 0 Å². The van der Waals surface area contributed by atoms with E-state index >= 15 is 0 Å². The fourth-order valence-electron chi connectivity index (χ4n) is 1.57. The number of methoxy groups -OCH3 is 1. The molecule has 0 aliphatic carbocycles. The number of aromatic nitrogens is 3. The number of aromatic amines is 1. The summed E-state index contributed by atoms with van der Waals surface area (Å²) >= 11 is 0. The quantitative estimate of drug-likeness (QED) is 0.818. The molecule has 0 saturated carbocycles. The normalized spacial score (nSPS) is 10.5. The molecule has 0 aromatic carbocycles. The van der Waals surface area contributed by atoms with Crippen LogP contribution in [0, 0.1) is 6.92 Å². The zero-order chi connectivity index (χ0) is 12.1. The molecule has 0 amide bonds. The van der Waals surface area contributed by atoms with Crippen molar-refractivity contribution in [3.05, 3.63) is 41.3 Å². The number of nitrogens with zero attached hydrogens (tertiary/aromatic N) is 2. The van der Waals surface area contributed by atoms with E-state index in [0.29, 0.717) is 5.88 Å². The average Bonchev–Trinajstić information content (AvgIpc) is 2.76. The van der Waals surface area contributed by atoms with E-state index in [1.54, 1.807) is 13.3 Å². The van der Waals surface area contributed by atoms with E-state index in [-0.39, 0.29) is 0 Å². The molecule has 2 aromatic heterocycles. The smallest absolute Gasteiger partial charge is 0.213 e. The SMILES string of the molecule is COc1cc(CNCc2cn[nH]c2C)ccn1. The zero-order valence-corrected chi connectivity index (χ0v) is 10.0. The number of ether oxygens (including phenoxy) is 1. The van der Waals surface area contributed by atoms with E-state index in [0.717, 1.165) is 24.3 Å². The van der Waals surface area contributed by atoms with E-state index < -0.39 is 0 Å². The summed E-state index contributed by atoms with van der Waals surface area (Å²) in [5.74, 6) is 0.642. The van der Waals surface area contributed by atoms with Gasteiger partial charge in [0.2, 0.25) is 5.88 Å². The molecule has 0 radical (unpaired) electrons. The van der Waals surface area contributed by atoms with E-state index in [1.165, 1.54) is 5.56 Å². The summed E-state index contributed by atoms with van der Waals surface area (Å²) in [5, 5.41) is 10.2. The van der Waals surface area contributed by atoms with Gasteiger partial charge < -0.3 is 10.1 Å². The van der Waals surface area contributed by atoms with Gasteiger partial charge in [0.25, 0.3) is 0 Å². The Hall–Kier alpha value is -1.88. The molecule has 0 aliphatic heterocycles. The Labute approximate surface area is 100 Å². The molecule has 0 saturated heterocycles. The molecule has 0 spiro atoms. The van der Waals surface area contributed by atoms with Gasteiger partial charge in [0, 0.05) is 36.6 Å². The van der Waals surface area contributed by atoms with Gasteiger partial charge in [-0.1, -0.05) is 0 Å². The van der Waals surface area contributed by atoms with Gasteiger partial charge in [-0.25, -0.2) is 4.98 Å².